The van der Waals surface area contributed by atoms with E-state index >= 15 is 0 Å². The third kappa shape index (κ3) is 2.49. The number of rotatable bonds is 3. The Hall–Kier alpha value is -2.91. The number of nitrogens with two attached hydrogens (primary N) is 1. The number of anilines is 1. The van der Waals surface area contributed by atoms with Crippen LogP contribution in [0.5, 0.6) is 0 Å². The first-order chi connectivity index (χ1) is 11.7. The van der Waals surface area contributed by atoms with Crippen molar-refractivity contribution < 1.29 is 0 Å². The summed E-state index contributed by atoms with van der Waals surface area (Å²) >= 11 is 1.52. The molecule has 0 aliphatic rings. The van der Waals surface area contributed by atoms with Gasteiger partial charge in [0.05, 0.1) is 11.4 Å². The predicted octanol–water partition coefficient (Wildman–Crippen LogP) is 5.57. The number of hydrogen-bond acceptors (Lipinski definition) is 3. The molecule has 0 spiro atoms. The van der Waals surface area contributed by atoms with Crippen molar-refractivity contribution in [2.24, 2.45) is 0 Å². The first-order valence-corrected chi connectivity index (χ1v) is 8.67. The number of benzene rings is 3. The van der Waals surface area contributed by atoms with Crippen molar-refractivity contribution in [2.45, 2.75) is 0 Å². The summed E-state index contributed by atoms with van der Waals surface area (Å²) in [6.45, 7) is 0. The lowest BCUT2D eigenvalue weighted by molar-refractivity contribution is 1.47. The standard InChI is InChI=1S/C21H16N2S/c22-20-13-24-12-19(20)21(23)16-10-8-15(9-11-16)18-7-3-5-14-4-1-2-6-17(14)18/h1-13,23H,22H2. The molecule has 4 aromatic rings. The number of nitrogens with one attached hydrogen (secondary N) is 1. The van der Waals surface area contributed by atoms with Crippen LogP contribution in [0.4, 0.5) is 5.69 Å². The quantitative estimate of drug-likeness (QED) is 0.475. The van der Waals surface area contributed by atoms with Crippen LogP contribution in [-0.2, 0) is 0 Å². The van der Waals surface area contributed by atoms with Gasteiger partial charge in [-0.2, -0.15) is 0 Å². The molecule has 0 unspecified atom stereocenters. The molecule has 1 heterocycles. The summed E-state index contributed by atoms with van der Waals surface area (Å²) in [5.74, 6) is 0. The minimum atomic E-state index is 0.471. The van der Waals surface area contributed by atoms with Crippen molar-refractivity contribution in [1.29, 1.82) is 5.41 Å². The Morgan fingerprint density at radius 3 is 2.33 bits per heavy atom. The van der Waals surface area contributed by atoms with Crippen LogP contribution < -0.4 is 5.73 Å². The third-order valence-corrected chi connectivity index (χ3v) is 5.00. The van der Waals surface area contributed by atoms with Gasteiger partial charge in [-0.25, -0.2) is 0 Å². The molecule has 0 fully saturated rings. The van der Waals surface area contributed by atoms with Crippen LogP contribution >= 0.6 is 11.3 Å². The molecule has 1 aromatic heterocycles. The fraction of sp³-hybridized carbons (Fsp3) is 0. The van der Waals surface area contributed by atoms with Crippen LogP contribution in [0, 0.1) is 5.41 Å². The second-order valence-corrected chi connectivity index (χ2v) is 6.46. The lowest BCUT2D eigenvalue weighted by atomic mass is 9.96. The molecule has 0 aliphatic heterocycles. The van der Waals surface area contributed by atoms with Crippen LogP contribution in [0.3, 0.4) is 0 Å². The molecule has 0 saturated heterocycles. The summed E-state index contributed by atoms with van der Waals surface area (Å²) in [5.41, 5.74) is 11.1. The number of thiophene rings is 1. The minimum absolute atomic E-state index is 0.471. The van der Waals surface area contributed by atoms with Crippen molar-refractivity contribution in [1.82, 2.24) is 0 Å². The van der Waals surface area contributed by atoms with E-state index in [0.29, 0.717) is 11.4 Å². The molecule has 3 N–H and O–H groups in total. The topological polar surface area (TPSA) is 49.9 Å². The third-order valence-electron chi connectivity index (χ3n) is 4.24. The van der Waals surface area contributed by atoms with Crippen LogP contribution in [0.15, 0.2) is 77.5 Å². The SMILES string of the molecule is N=C(c1ccc(-c2cccc3ccccc23)cc1)c1cscc1N. The Morgan fingerprint density at radius 1 is 0.833 bits per heavy atom. The fourth-order valence-electron chi connectivity index (χ4n) is 2.96. The van der Waals surface area contributed by atoms with Crippen LogP contribution in [0.25, 0.3) is 21.9 Å². The van der Waals surface area contributed by atoms with Gasteiger partial charge in [0.2, 0.25) is 0 Å². The van der Waals surface area contributed by atoms with E-state index in [0.717, 1.165) is 16.7 Å². The van der Waals surface area contributed by atoms with Crippen molar-refractivity contribution in [2.75, 3.05) is 5.73 Å². The van der Waals surface area contributed by atoms with Crippen LogP contribution in [0.1, 0.15) is 11.1 Å². The van der Waals surface area contributed by atoms with E-state index in [1.165, 1.54) is 27.7 Å². The zero-order chi connectivity index (χ0) is 16.5. The van der Waals surface area contributed by atoms with Gasteiger partial charge in [-0.05, 0) is 21.9 Å². The molecule has 116 valence electrons. The maximum Gasteiger partial charge on any atom is 0.0713 e. The molecular formula is C21H16N2S. The number of hydrogen-bond donors (Lipinski definition) is 2. The van der Waals surface area contributed by atoms with E-state index < -0.39 is 0 Å². The van der Waals surface area contributed by atoms with Crippen molar-refractivity contribution >= 4 is 33.5 Å². The molecule has 0 amide bonds. The Bertz CT molecular complexity index is 1020. The summed E-state index contributed by atoms with van der Waals surface area (Å²) in [4.78, 5) is 0. The highest BCUT2D eigenvalue weighted by molar-refractivity contribution is 7.08. The second kappa shape index (κ2) is 5.95. The summed E-state index contributed by atoms with van der Waals surface area (Å²) in [5, 5.41) is 14.6. The highest BCUT2D eigenvalue weighted by Gasteiger charge is 2.10. The maximum absolute atomic E-state index is 8.36. The summed E-state index contributed by atoms with van der Waals surface area (Å²) in [7, 11) is 0. The minimum Gasteiger partial charge on any atom is -0.398 e. The number of nitrogen functional groups attached to an aromatic ring is 1. The molecule has 0 radical (unpaired) electrons. The van der Waals surface area contributed by atoms with Gasteiger partial charge < -0.3 is 5.73 Å². The zero-order valence-corrected chi connectivity index (χ0v) is 13.8. The van der Waals surface area contributed by atoms with Gasteiger partial charge in [0, 0.05) is 21.9 Å². The first-order valence-electron chi connectivity index (χ1n) is 7.73. The predicted molar refractivity (Wildman–Crippen MR) is 104 cm³/mol. The summed E-state index contributed by atoms with van der Waals surface area (Å²) in [6.07, 6.45) is 0. The second-order valence-electron chi connectivity index (χ2n) is 5.72. The van der Waals surface area contributed by atoms with Gasteiger partial charge in [0.15, 0.2) is 0 Å². The molecule has 2 nitrogen and oxygen atoms in total. The maximum atomic E-state index is 8.36. The Balaban J connectivity index is 1.74. The van der Waals surface area contributed by atoms with E-state index in [9.17, 15) is 0 Å². The molecule has 0 atom stereocenters. The van der Waals surface area contributed by atoms with Crippen LogP contribution in [0.2, 0.25) is 0 Å². The van der Waals surface area contributed by atoms with Crippen molar-refractivity contribution in [3.63, 3.8) is 0 Å². The van der Waals surface area contributed by atoms with E-state index in [-0.39, 0.29) is 0 Å². The highest BCUT2D eigenvalue weighted by Crippen LogP contribution is 2.29. The van der Waals surface area contributed by atoms with Gasteiger partial charge in [-0.1, -0.05) is 66.7 Å². The van der Waals surface area contributed by atoms with E-state index in [4.69, 9.17) is 11.1 Å². The van der Waals surface area contributed by atoms with Gasteiger partial charge in [-0.15, -0.1) is 11.3 Å². The average molecular weight is 328 g/mol. The Morgan fingerprint density at radius 2 is 1.58 bits per heavy atom. The molecule has 3 heteroatoms. The molecule has 0 saturated carbocycles. The molecule has 4 rings (SSSR count). The normalized spacial score (nSPS) is 10.8. The lowest BCUT2D eigenvalue weighted by Crippen LogP contribution is -2.02. The summed E-state index contributed by atoms with van der Waals surface area (Å²) in [6, 6.07) is 22.9. The molecule has 0 aliphatic carbocycles. The van der Waals surface area contributed by atoms with E-state index in [2.05, 4.69) is 54.6 Å². The zero-order valence-electron chi connectivity index (χ0n) is 13.0. The summed E-state index contributed by atoms with van der Waals surface area (Å²) < 4.78 is 0. The van der Waals surface area contributed by atoms with Crippen molar-refractivity contribution in [3.8, 4) is 11.1 Å². The molecule has 3 aromatic carbocycles. The van der Waals surface area contributed by atoms with Gasteiger partial charge in [-0.3, -0.25) is 5.41 Å². The molecule has 24 heavy (non-hydrogen) atoms. The van der Waals surface area contributed by atoms with E-state index in [1.807, 2.05) is 22.9 Å². The monoisotopic (exact) mass is 328 g/mol. The van der Waals surface area contributed by atoms with Gasteiger partial charge in [0.1, 0.15) is 0 Å². The first kappa shape index (κ1) is 14.7. The largest absolute Gasteiger partial charge is 0.398 e. The Kier molecular flexibility index (Phi) is 3.63. The van der Waals surface area contributed by atoms with Crippen LogP contribution in [-0.4, -0.2) is 5.71 Å². The Labute approximate surface area is 144 Å². The molecular weight excluding hydrogens is 312 g/mol. The smallest absolute Gasteiger partial charge is 0.0713 e. The van der Waals surface area contributed by atoms with Gasteiger partial charge in [0.25, 0.3) is 0 Å². The van der Waals surface area contributed by atoms with Gasteiger partial charge >= 0.3 is 0 Å². The highest BCUT2D eigenvalue weighted by atomic mass is 32.1. The number of fused-ring (bicyclic) bond motifs is 1. The van der Waals surface area contributed by atoms with Crippen molar-refractivity contribution in [3.05, 3.63) is 88.6 Å². The van der Waals surface area contributed by atoms with E-state index in [1.54, 1.807) is 0 Å². The average Bonchev–Trinajstić information content (AvgIpc) is 3.07. The molecule has 0 bridgehead atoms. The fourth-order valence-corrected chi connectivity index (χ4v) is 3.69. The lowest BCUT2D eigenvalue weighted by Gasteiger charge is -2.09.